The van der Waals surface area contributed by atoms with E-state index in [1.54, 1.807) is 0 Å². The molecule has 1 aromatic rings. The molecule has 1 N–H and O–H groups in total. The van der Waals surface area contributed by atoms with Gasteiger partial charge in [-0.05, 0) is 49.9 Å². The zero-order chi connectivity index (χ0) is 14.4. The third-order valence-corrected chi connectivity index (χ3v) is 4.67. The van der Waals surface area contributed by atoms with E-state index in [0.29, 0.717) is 6.04 Å². The maximum Gasteiger partial charge on any atom is 0.0802 e. The quantitative estimate of drug-likeness (QED) is 0.869. The first-order chi connectivity index (χ1) is 9.70. The molecule has 2 nitrogen and oxygen atoms in total. The molecule has 1 fully saturated rings. The molecule has 112 valence electrons. The molecular formula is C17H26ClNO. The maximum absolute atomic E-state index is 10.3. The lowest BCUT2D eigenvalue weighted by molar-refractivity contribution is 0.122. The van der Waals surface area contributed by atoms with Crippen molar-refractivity contribution in [2.45, 2.75) is 57.6 Å². The summed E-state index contributed by atoms with van der Waals surface area (Å²) in [4.78, 5) is 2.58. The number of benzene rings is 1. The molecule has 1 aliphatic heterocycles. The van der Waals surface area contributed by atoms with Crippen molar-refractivity contribution >= 4 is 11.6 Å². The lowest BCUT2D eigenvalue weighted by Crippen LogP contribution is -2.35. The zero-order valence-electron chi connectivity index (χ0n) is 12.4. The average Bonchev–Trinajstić information content (AvgIpc) is 2.70. The van der Waals surface area contributed by atoms with E-state index in [1.165, 1.54) is 38.6 Å². The minimum atomic E-state index is -0.381. The molecule has 0 saturated carbocycles. The molecule has 1 saturated heterocycles. The predicted molar refractivity (Wildman–Crippen MR) is 85.1 cm³/mol. The highest BCUT2D eigenvalue weighted by molar-refractivity contribution is 6.30. The third kappa shape index (κ3) is 4.47. The molecule has 0 spiro atoms. The van der Waals surface area contributed by atoms with Gasteiger partial charge in [-0.3, -0.25) is 0 Å². The normalized spacial score (nSPS) is 22.4. The van der Waals surface area contributed by atoms with Gasteiger partial charge >= 0.3 is 0 Å². The highest BCUT2D eigenvalue weighted by Gasteiger charge is 2.20. The van der Waals surface area contributed by atoms with Crippen molar-refractivity contribution in [2.75, 3.05) is 13.1 Å². The minimum Gasteiger partial charge on any atom is -0.388 e. The van der Waals surface area contributed by atoms with Crippen molar-refractivity contribution in [2.24, 2.45) is 0 Å². The monoisotopic (exact) mass is 295 g/mol. The number of aliphatic hydroxyl groups excluding tert-OH is 1. The summed E-state index contributed by atoms with van der Waals surface area (Å²) in [5, 5.41) is 11.0. The van der Waals surface area contributed by atoms with Gasteiger partial charge in [0.05, 0.1) is 6.10 Å². The Balaban J connectivity index is 1.87. The van der Waals surface area contributed by atoms with Crippen LogP contribution in [0.25, 0.3) is 0 Å². The van der Waals surface area contributed by atoms with Crippen LogP contribution in [0, 0.1) is 0 Å². The third-order valence-electron chi connectivity index (χ3n) is 4.41. The lowest BCUT2D eigenvalue weighted by Gasteiger charge is -2.29. The largest absolute Gasteiger partial charge is 0.388 e. The molecule has 2 rings (SSSR count). The van der Waals surface area contributed by atoms with Crippen LogP contribution in [0.2, 0.25) is 5.02 Å². The fraction of sp³-hybridized carbons (Fsp3) is 0.647. The number of aliphatic hydroxyl groups is 1. The number of hydrogen-bond donors (Lipinski definition) is 1. The van der Waals surface area contributed by atoms with Crippen LogP contribution >= 0.6 is 11.6 Å². The average molecular weight is 296 g/mol. The Morgan fingerprint density at radius 3 is 2.70 bits per heavy atom. The molecule has 0 radical (unpaired) electrons. The van der Waals surface area contributed by atoms with Gasteiger partial charge in [-0.1, -0.05) is 43.5 Å². The van der Waals surface area contributed by atoms with Crippen molar-refractivity contribution in [1.29, 1.82) is 0 Å². The molecular weight excluding hydrogens is 270 g/mol. The SMILES string of the molecule is CCC1CCCCCN1CCC(O)c1ccc(Cl)cc1. The van der Waals surface area contributed by atoms with Gasteiger partial charge in [0.15, 0.2) is 0 Å². The molecule has 1 heterocycles. The van der Waals surface area contributed by atoms with Gasteiger partial charge in [0, 0.05) is 17.6 Å². The zero-order valence-corrected chi connectivity index (χ0v) is 13.1. The summed E-state index contributed by atoms with van der Waals surface area (Å²) in [7, 11) is 0. The highest BCUT2D eigenvalue weighted by atomic mass is 35.5. The van der Waals surface area contributed by atoms with Gasteiger partial charge in [0.2, 0.25) is 0 Å². The highest BCUT2D eigenvalue weighted by Crippen LogP contribution is 2.23. The van der Waals surface area contributed by atoms with Crippen molar-refractivity contribution in [3.63, 3.8) is 0 Å². The maximum atomic E-state index is 10.3. The topological polar surface area (TPSA) is 23.5 Å². The second-order valence-corrected chi connectivity index (χ2v) is 6.24. The molecule has 0 aliphatic carbocycles. The first-order valence-electron chi connectivity index (χ1n) is 7.88. The fourth-order valence-electron chi connectivity index (χ4n) is 3.13. The van der Waals surface area contributed by atoms with Crippen LogP contribution in [-0.4, -0.2) is 29.1 Å². The number of hydrogen-bond acceptors (Lipinski definition) is 2. The molecule has 1 aromatic carbocycles. The minimum absolute atomic E-state index is 0.381. The number of halogens is 1. The van der Waals surface area contributed by atoms with Crippen LogP contribution in [0.5, 0.6) is 0 Å². The van der Waals surface area contributed by atoms with Gasteiger partial charge in [0.1, 0.15) is 0 Å². The second-order valence-electron chi connectivity index (χ2n) is 5.80. The van der Waals surface area contributed by atoms with E-state index in [9.17, 15) is 5.11 Å². The smallest absolute Gasteiger partial charge is 0.0802 e. The Morgan fingerprint density at radius 1 is 1.25 bits per heavy atom. The van der Waals surface area contributed by atoms with E-state index in [4.69, 9.17) is 11.6 Å². The van der Waals surface area contributed by atoms with E-state index < -0.39 is 0 Å². The summed E-state index contributed by atoms with van der Waals surface area (Å²) in [5.74, 6) is 0. The molecule has 2 atom stereocenters. The van der Waals surface area contributed by atoms with E-state index in [0.717, 1.165) is 23.6 Å². The van der Waals surface area contributed by atoms with Crippen LogP contribution in [0.15, 0.2) is 24.3 Å². The second kappa shape index (κ2) is 8.02. The van der Waals surface area contributed by atoms with Gasteiger partial charge in [-0.25, -0.2) is 0 Å². The van der Waals surface area contributed by atoms with Crippen molar-refractivity contribution in [3.05, 3.63) is 34.9 Å². The van der Waals surface area contributed by atoms with E-state index in [1.807, 2.05) is 24.3 Å². The molecule has 3 heteroatoms. The number of rotatable bonds is 5. The van der Waals surface area contributed by atoms with Crippen molar-refractivity contribution in [3.8, 4) is 0 Å². The van der Waals surface area contributed by atoms with E-state index in [-0.39, 0.29) is 6.10 Å². The Morgan fingerprint density at radius 2 is 2.00 bits per heavy atom. The van der Waals surface area contributed by atoms with Crippen LogP contribution in [0.1, 0.15) is 57.1 Å². The van der Waals surface area contributed by atoms with Gasteiger partial charge in [-0.2, -0.15) is 0 Å². The first kappa shape index (κ1) is 15.8. The first-order valence-corrected chi connectivity index (χ1v) is 8.26. The Bertz CT molecular complexity index is 392. The molecule has 0 amide bonds. The summed E-state index contributed by atoms with van der Waals surface area (Å²) in [6.07, 6.45) is 6.96. The van der Waals surface area contributed by atoms with Crippen LogP contribution in [0.3, 0.4) is 0 Å². The standard InChI is InChI=1S/C17H26ClNO/c1-2-16-6-4-3-5-12-19(16)13-11-17(20)14-7-9-15(18)10-8-14/h7-10,16-17,20H,2-6,11-13H2,1H3. The van der Waals surface area contributed by atoms with E-state index >= 15 is 0 Å². The molecule has 0 bridgehead atoms. The molecule has 20 heavy (non-hydrogen) atoms. The predicted octanol–water partition coefficient (Wildman–Crippen LogP) is 4.42. The molecule has 2 unspecified atom stereocenters. The molecule has 1 aliphatic rings. The lowest BCUT2D eigenvalue weighted by atomic mass is 10.0. The summed E-state index contributed by atoms with van der Waals surface area (Å²) in [6.45, 7) is 4.45. The van der Waals surface area contributed by atoms with Crippen LogP contribution in [-0.2, 0) is 0 Å². The Labute approximate surface area is 127 Å². The van der Waals surface area contributed by atoms with Crippen molar-refractivity contribution in [1.82, 2.24) is 4.90 Å². The summed E-state index contributed by atoms with van der Waals surface area (Å²) in [6, 6.07) is 8.25. The Kier molecular flexibility index (Phi) is 6.34. The number of nitrogens with zero attached hydrogens (tertiary/aromatic N) is 1. The fourth-order valence-corrected chi connectivity index (χ4v) is 3.26. The molecule has 0 aromatic heterocycles. The van der Waals surface area contributed by atoms with Crippen LogP contribution in [0.4, 0.5) is 0 Å². The summed E-state index contributed by atoms with van der Waals surface area (Å²) < 4.78 is 0. The van der Waals surface area contributed by atoms with Gasteiger partial charge in [-0.15, -0.1) is 0 Å². The summed E-state index contributed by atoms with van der Waals surface area (Å²) in [5.41, 5.74) is 0.970. The Hall–Kier alpha value is -0.570. The number of likely N-dealkylation sites (tertiary alicyclic amines) is 1. The van der Waals surface area contributed by atoms with Gasteiger partial charge in [0.25, 0.3) is 0 Å². The van der Waals surface area contributed by atoms with Crippen molar-refractivity contribution < 1.29 is 5.11 Å². The van der Waals surface area contributed by atoms with E-state index in [2.05, 4.69) is 11.8 Å². The van der Waals surface area contributed by atoms with Gasteiger partial charge < -0.3 is 10.0 Å². The van der Waals surface area contributed by atoms with Crippen LogP contribution < -0.4 is 0 Å². The summed E-state index contributed by atoms with van der Waals surface area (Å²) >= 11 is 5.88.